The Bertz CT molecular complexity index is 717. The lowest BCUT2D eigenvalue weighted by Gasteiger charge is -2.14. The molecule has 2 aromatic rings. The van der Waals surface area contributed by atoms with Crippen LogP contribution in [-0.2, 0) is 14.8 Å². The van der Waals surface area contributed by atoms with Gasteiger partial charge < -0.3 is 4.98 Å². The first-order valence-electron chi connectivity index (χ1n) is 6.80. The topological polar surface area (TPSA) is 91.9 Å². The van der Waals surface area contributed by atoms with E-state index in [1.807, 2.05) is 20.8 Å². The molecule has 6 nitrogen and oxygen atoms in total. The Kier molecular flexibility index (Phi) is 4.32. The second kappa shape index (κ2) is 5.85. The van der Waals surface area contributed by atoms with Crippen molar-refractivity contribution < 1.29 is 13.2 Å². The maximum atomic E-state index is 12.1. The highest BCUT2D eigenvalue weighted by Gasteiger charge is 2.23. The number of carbonyl (C=O) groups excluding carboxylic acids is 1. The molecular formula is C14H19N3O3S. The summed E-state index contributed by atoms with van der Waals surface area (Å²) in [5.41, 5.74) is 1.15. The number of nitrogens with one attached hydrogen (secondary N) is 2. The Balaban J connectivity index is 2.16. The number of H-pyrrole nitrogens is 1. The van der Waals surface area contributed by atoms with Gasteiger partial charge >= 0.3 is 0 Å². The third-order valence-electron chi connectivity index (χ3n) is 3.52. The van der Waals surface area contributed by atoms with Gasteiger partial charge in [0.25, 0.3) is 10.0 Å². The number of rotatable bonds is 5. The summed E-state index contributed by atoms with van der Waals surface area (Å²) in [6.45, 7) is 5.90. The molecule has 0 saturated heterocycles. The zero-order chi connectivity index (χ0) is 15.6. The van der Waals surface area contributed by atoms with Crippen molar-refractivity contribution in [1.82, 2.24) is 14.7 Å². The van der Waals surface area contributed by atoms with Crippen LogP contribution in [0.1, 0.15) is 27.2 Å². The minimum absolute atomic E-state index is 0.107. The fourth-order valence-electron chi connectivity index (χ4n) is 1.82. The summed E-state index contributed by atoms with van der Waals surface area (Å²) in [5.74, 6) is -0.0998. The molecule has 1 aromatic carbocycles. The van der Waals surface area contributed by atoms with E-state index in [0.717, 1.165) is 0 Å². The van der Waals surface area contributed by atoms with Gasteiger partial charge in [0, 0.05) is 6.42 Å². The number of hydrogen-bond donors (Lipinski definition) is 2. The fourth-order valence-corrected chi connectivity index (χ4v) is 2.77. The molecule has 0 aliphatic carbocycles. The van der Waals surface area contributed by atoms with Crippen molar-refractivity contribution in [2.24, 2.45) is 11.8 Å². The van der Waals surface area contributed by atoms with E-state index in [1.165, 1.54) is 0 Å². The van der Waals surface area contributed by atoms with Gasteiger partial charge in [0.1, 0.15) is 0 Å². The van der Waals surface area contributed by atoms with E-state index < -0.39 is 15.9 Å². The van der Waals surface area contributed by atoms with Crippen molar-refractivity contribution in [2.45, 2.75) is 32.3 Å². The van der Waals surface area contributed by atoms with Crippen molar-refractivity contribution in [2.75, 3.05) is 0 Å². The van der Waals surface area contributed by atoms with Crippen molar-refractivity contribution in [3.8, 4) is 0 Å². The second-order valence-electron chi connectivity index (χ2n) is 5.51. The number of aromatic amines is 1. The number of fused-ring (bicyclic) bond motifs is 1. The van der Waals surface area contributed by atoms with Crippen molar-refractivity contribution in [3.63, 3.8) is 0 Å². The van der Waals surface area contributed by atoms with Crippen LogP contribution in [0.15, 0.2) is 29.4 Å². The van der Waals surface area contributed by atoms with Crippen LogP contribution in [0.25, 0.3) is 11.0 Å². The summed E-state index contributed by atoms with van der Waals surface area (Å²) in [4.78, 5) is 18.5. The molecule has 2 rings (SSSR count). The summed E-state index contributed by atoms with van der Waals surface area (Å²) in [5, 5.41) is -0.241. The van der Waals surface area contributed by atoms with Gasteiger partial charge in [0.2, 0.25) is 11.1 Å². The summed E-state index contributed by atoms with van der Waals surface area (Å²) in [6, 6.07) is 6.97. The molecule has 114 valence electrons. The Morgan fingerprint density at radius 2 is 1.95 bits per heavy atom. The summed E-state index contributed by atoms with van der Waals surface area (Å²) >= 11 is 0. The smallest absolute Gasteiger partial charge is 0.297 e. The molecule has 0 bridgehead atoms. The summed E-state index contributed by atoms with van der Waals surface area (Å²) in [6.07, 6.45) is 0.164. The number of hydrogen-bond acceptors (Lipinski definition) is 4. The first-order chi connectivity index (χ1) is 9.79. The average Bonchev–Trinajstić information content (AvgIpc) is 2.82. The SMILES string of the molecule is CC(C)[C@H](C)CC(=O)NS(=O)(=O)c1nc2ccccc2[nH]1. The Morgan fingerprint density at radius 3 is 2.57 bits per heavy atom. The number of sulfonamides is 1. The lowest BCUT2D eigenvalue weighted by molar-refractivity contribution is -0.120. The van der Waals surface area contributed by atoms with Gasteiger partial charge in [-0.15, -0.1) is 0 Å². The molecule has 1 aromatic heterocycles. The van der Waals surface area contributed by atoms with Crippen molar-refractivity contribution in [3.05, 3.63) is 24.3 Å². The fraction of sp³-hybridized carbons (Fsp3) is 0.429. The van der Waals surface area contributed by atoms with Gasteiger partial charge in [-0.05, 0) is 24.0 Å². The number of nitrogens with zero attached hydrogens (tertiary/aromatic N) is 1. The largest absolute Gasteiger partial charge is 0.327 e. The number of carbonyl (C=O) groups is 1. The van der Waals surface area contributed by atoms with E-state index in [4.69, 9.17) is 0 Å². The highest BCUT2D eigenvalue weighted by Crippen LogP contribution is 2.16. The number of amides is 1. The molecule has 1 amide bonds. The van der Waals surface area contributed by atoms with Gasteiger partial charge in [0.05, 0.1) is 11.0 Å². The van der Waals surface area contributed by atoms with E-state index in [1.54, 1.807) is 24.3 Å². The minimum atomic E-state index is -3.96. The Hall–Kier alpha value is -1.89. The molecule has 0 aliphatic heterocycles. The van der Waals surface area contributed by atoms with E-state index in [9.17, 15) is 13.2 Å². The van der Waals surface area contributed by atoms with E-state index in [-0.39, 0.29) is 17.5 Å². The van der Waals surface area contributed by atoms with Crippen LogP contribution in [0, 0.1) is 11.8 Å². The standard InChI is InChI=1S/C14H19N3O3S/c1-9(2)10(3)8-13(18)17-21(19,20)14-15-11-6-4-5-7-12(11)16-14/h4-7,9-10H,8H2,1-3H3,(H,15,16)(H,17,18)/t10-/m1/s1. The Morgan fingerprint density at radius 1 is 1.29 bits per heavy atom. The van der Waals surface area contributed by atoms with Crippen LogP contribution >= 0.6 is 0 Å². The molecule has 0 saturated carbocycles. The van der Waals surface area contributed by atoms with E-state index in [0.29, 0.717) is 17.0 Å². The second-order valence-corrected chi connectivity index (χ2v) is 7.11. The minimum Gasteiger partial charge on any atom is -0.327 e. The average molecular weight is 309 g/mol. The van der Waals surface area contributed by atoms with Crippen LogP contribution in [-0.4, -0.2) is 24.3 Å². The molecule has 0 radical (unpaired) electrons. The molecule has 0 spiro atoms. The van der Waals surface area contributed by atoms with Crippen LogP contribution in [0.5, 0.6) is 0 Å². The highest BCUT2D eigenvalue weighted by molar-refractivity contribution is 7.89. The van der Waals surface area contributed by atoms with E-state index in [2.05, 4.69) is 14.7 Å². The molecule has 1 heterocycles. The molecule has 0 fully saturated rings. The lowest BCUT2D eigenvalue weighted by Crippen LogP contribution is -2.32. The zero-order valence-corrected chi connectivity index (χ0v) is 13.1. The first kappa shape index (κ1) is 15.5. The van der Waals surface area contributed by atoms with Crippen molar-refractivity contribution >= 4 is 27.0 Å². The predicted octanol–water partition coefficient (Wildman–Crippen LogP) is 2.05. The van der Waals surface area contributed by atoms with Crippen molar-refractivity contribution in [1.29, 1.82) is 0 Å². The molecule has 1 atom stereocenters. The zero-order valence-electron chi connectivity index (χ0n) is 12.3. The molecular weight excluding hydrogens is 290 g/mol. The van der Waals surface area contributed by atoms with Crippen LogP contribution in [0.3, 0.4) is 0 Å². The third-order valence-corrected chi connectivity index (χ3v) is 4.71. The number of benzene rings is 1. The number of imidazole rings is 1. The number of aromatic nitrogens is 2. The van der Waals surface area contributed by atoms with E-state index >= 15 is 0 Å². The monoisotopic (exact) mass is 309 g/mol. The molecule has 21 heavy (non-hydrogen) atoms. The molecule has 2 N–H and O–H groups in total. The van der Waals surface area contributed by atoms with Gasteiger partial charge in [-0.2, -0.15) is 8.42 Å². The number of para-hydroxylation sites is 2. The van der Waals surface area contributed by atoms with Gasteiger partial charge in [-0.3, -0.25) is 4.79 Å². The molecule has 0 unspecified atom stereocenters. The summed E-state index contributed by atoms with van der Waals surface area (Å²) < 4.78 is 26.3. The highest BCUT2D eigenvalue weighted by atomic mass is 32.2. The van der Waals surface area contributed by atoms with Gasteiger partial charge in [-0.25, -0.2) is 9.71 Å². The maximum absolute atomic E-state index is 12.1. The first-order valence-corrected chi connectivity index (χ1v) is 8.28. The van der Waals surface area contributed by atoms with Crippen LogP contribution in [0.2, 0.25) is 0 Å². The van der Waals surface area contributed by atoms with Gasteiger partial charge in [-0.1, -0.05) is 32.9 Å². The van der Waals surface area contributed by atoms with Gasteiger partial charge in [0.15, 0.2) is 0 Å². The lowest BCUT2D eigenvalue weighted by atomic mass is 9.95. The Labute approximate surface area is 124 Å². The maximum Gasteiger partial charge on any atom is 0.297 e. The van der Waals surface area contributed by atoms with Crippen LogP contribution < -0.4 is 4.72 Å². The quantitative estimate of drug-likeness (QED) is 0.884. The molecule has 7 heteroatoms. The normalized spacial score (nSPS) is 13.5. The predicted molar refractivity (Wildman–Crippen MR) is 80.0 cm³/mol. The van der Waals surface area contributed by atoms with Crippen LogP contribution in [0.4, 0.5) is 0 Å². The molecule has 0 aliphatic rings. The summed E-state index contributed by atoms with van der Waals surface area (Å²) in [7, 11) is -3.96. The third kappa shape index (κ3) is 3.60.